The second-order valence-electron chi connectivity index (χ2n) is 9.10. The smallest absolute Gasteiger partial charge is 0.326 e. The average molecular weight is 520 g/mol. The number of aromatic nitrogens is 1. The molecule has 1 aromatic heterocycles. The van der Waals surface area contributed by atoms with Gasteiger partial charge in [-0.15, -0.1) is 0 Å². The molecule has 0 aliphatic heterocycles. The molecule has 0 saturated carbocycles. The number of nitrogens with two attached hydrogens (primary N) is 1. The highest BCUT2D eigenvalue weighted by atomic mass is 16.4. The van der Waals surface area contributed by atoms with E-state index in [0.717, 1.165) is 10.9 Å². The molecule has 0 radical (unpaired) electrons. The van der Waals surface area contributed by atoms with Crippen molar-refractivity contribution >= 4 is 40.6 Å². The van der Waals surface area contributed by atoms with Crippen LogP contribution in [0.4, 0.5) is 0 Å². The first-order valence-electron chi connectivity index (χ1n) is 11.7. The predicted octanol–water partition coefficient (Wildman–Crippen LogP) is -0.910. The molecule has 0 aliphatic rings. The van der Waals surface area contributed by atoms with Gasteiger partial charge in [-0.1, -0.05) is 32.0 Å². The number of amides is 3. The van der Waals surface area contributed by atoms with Crippen LogP contribution in [0.25, 0.3) is 10.9 Å². The maximum Gasteiger partial charge on any atom is 0.326 e. The van der Waals surface area contributed by atoms with E-state index in [1.165, 1.54) is 0 Å². The number of para-hydroxylation sites is 1. The van der Waals surface area contributed by atoms with E-state index < -0.39 is 66.9 Å². The average Bonchev–Trinajstić information content (AvgIpc) is 3.24. The fraction of sp³-hybridized carbons (Fsp3) is 0.458. The Morgan fingerprint density at radius 3 is 2.11 bits per heavy atom. The molecule has 0 saturated heterocycles. The Balaban J connectivity index is 2.19. The molecule has 0 spiro atoms. The van der Waals surface area contributed by atoms with Gasteiger partial charge in [-0.25, -0.2) is 4.79 Å². The maximum absolute atomic E-state index is 13.1. The van der Waals surface area contributed by atoms with Crippen LogP contribution in [0.3, 0.4) is 0 Å². The molecule has 9 N–H and O–H groups in total. The van der Waals surface area contributed by atoms with Crippen molar-refractivity contribution in [2.24, 2.45) is 11.7 Å². The van der Waals surface area contributed by atoms with E-state index in [4.69, 9.17) is 15.9 Å². The fourth-order valence-electron chi connectivity index (χ4n) is 3.71. The molecule has 13 heteroatoms. The van der Waals surface area contributed by atoms with Gasteiger partial charge in [0.05, 0.1) is 13.0 Å². The molecule has 37 heavy (non-hydrogen) atoms. The van der Waals surface area contributed by atoms with Crippen LogP contribution in [0.15, 0.2) is 30.5 Å². The number of H-pyrrole nitrogens is 1. The van der Waals surface area contributed by atoms with Crippen molar-refractivity contribution in [2.75, 3.05) is 6.61 Å². The van der Waals surface area contributed by atoms with Crippen molar-refractivity contribution in [2.45, 2.75) is 57.3 Å². The minimum atomic E-state index is -1.58. The second-order valence-corrected chi connectivity index (χ2v) is 9.10. The number of fused-ring (bicyclic) bond motifs is 1. The quantitative estimate of drug-likeness (QED) is 0.154. The molecule has 0 bridgehead atoms. The molecule has 4 unspecified atom stereocenters. The number of benzene rings is 1. The van der Waals surface area contributed by atoms with Crippen molar-refractivity contribution in [3.05, 3.63) is 36.0 Å². The van der Waals surface area contributed by atoms with Gasteiger partial charge in [0.15, 0.2) is 0 Å². The summed E-state index contributed by atoms with van der Waals surface area (Å²) in [4.78, 5) is 64.2. The Kier molecular flexibility index (Phi) is 10.6. The molecular weight excluding hydrogens is 486 g/mol. The molecule has 0 aliphatic carbocycles. The SMILES string of the molecule is CC(C)CC(NC(=O)C(CC(=O)O)NC(=O)C(N)CO)C(=O)NC(Cc1c[nH]c2ccccc12)C(=O)O. The summed E-state index contributed by atoms with van der Waals surface area (Å²) >= 11 is 0. The Hall–Kier alpha value is -3.97. The number of aliphatic carboxylic acids is 2. The molecule has 1 heterocycles. The number of aliphatic hydroxyl groups is 1. The van der Waals surface area contributed by atoms with Crippen LogP contribution < -0.4 is 21.7 Å². The normalized spacial score (nSPS) is 14.4. The number of aliphatic hydroxyl groups excluding tert-OH is 1. The van der Waals surface area contributed by atoms with E-state index in [-0.39, 0.29) is 18.8 Å². The Morgan fingerprint density at radius 1 is 0.919 bits per heavy atom. The Bertz CT molecular complexity index is 1130. The summed E-state index contributed by atoms with van der Waals surface area (Å²) in [5.74, 6) is -5.47. The summed E-state index contributed by atoms with van der Waals surface area (Å²) in [7, 11) is 0. The van der Waals surface area contributed by atoms with Gasteiger partial charge in [0.1, 0.15) is 24.2 Å². The monoisotopic (exact) mass is 519 g/mol. The molecule has 1 aromatic carbocycles. The van der Waals surface area contributed by atoms with E-state index in [1.807, 2.05) is 24.3 Å². The zero-order valence-corrected chi connectivity index (χ0v) is 20.6. The molecule has 13 nitrogen and oxygen atoms in total. The van der Waals surface area contributed by atoms with Gasteiger partial charge < -0.3 is 42.0 Å². The van der Waals surface area contributed by atoms with Gasteiger partial charge in [-0.05, 0) is 24.0 Å². The van der Waals surface area contributed by atoms with E-state index >= 15 is 0 Å². The van der Waals surface area contributed by atoms with Crippen LogP contribution >= 0.6 is 0 Å². The van der Waals surface area contributed by atoms with Crippen molar-refractivity contribution in [1.82, 2.24) is 20.9 Å². The highest BCUT2D eigenvalue weighted by Gasteiger charge is 2.32. The molecular formula is C24H33N5O8. The van der Waals surface area contributed by atoms with E-state index in [2.05, 4.69) is 20.9 Å². The number of carbonyl (C=O) groups is 5. The van der Waals surface area contributed by atoms with Gasteiger partial charge in [-0.2, -0.15) is 0 Å². The number of hydrogen-bond donors (Lipinski definition) is 8. The number of carbonyl (C=O) groups excluding carboxylic acids is 3. The van der Waals surface area contributed by atoms with Crippen LogP contribution in [0, 0.1) is 5.92 Å². The first-order chi connectivity index (χ1) is 17.4. The standard InChI is InChI=1S/C24H33N5O8/c1-12(2)7-17(28-23(35)18(9-20(31)32)27-21(33)15(25)11-30)22(34)29-19(24(36)37)8-13-10-26-16-6-4-3-5-14(13)16/h3-6,10,12,15,17-19,26,30H,7-9,11,25H2,1-2H3,(H,27,33)(H,28,35)(H,29,34)(H,31,32)(H,36,37). The van der Waals surface area contributed by atoms with Crippen LogP contribution in [0.5, 0.6) is 0 Å². The van der Waals surface area contributed by atoms with Gasteiger partial charge >= 0.3 is 11.9 Å². The summed E-state index contributed by atoms with van der Waals surface area (Å²) in [5, 5.41) is 35.8. The third-order valence-corrected chi connectivity index (χ3v) is 5.60. The van der Waals surface area contributed by atoms with E-state index in [9.17, 15) is 29.1 Å². The van der Waals surface area contributed by atoms with Crippen molar-refractivity contribution < 1.29 is 39.3 Å². The highest BCUT2D eigenvalue weighted by molar-refractivity contribution is 5.95. The molecule has 4 atom stereocenters. The van der Waals surface area contributed by atoms with Gasteiger partial charge in [0.25, 0.3) is 0 Å². The lowest BCUT2D eigenvalue weighted by Crippen LogP contribution is -2.58. The lowest BCUT2D eigenvalue weighted by Gasteiger charge is -2.25. The summed E-state index contributed by atoms with van der Waals surface area (Å²) in [6.45, 7) is 2.84. The van der Waals surface area contributed by atoms with Gasteiger partial charge in [-0.3, -0.25) is 19.2 Å². The Labute approximate surface area is 212 Å². The molecule has 2 aromatic rings. The molecule has 2 rings (SSSR count). The van der Waals surface area contributed by atoms with Crippen molar-refractivity contribution in [3.8, 4) is 0 Å². The van der Waals surface area contributed by atoms with E-state index in [0.29, 0.717) is 5.56 Å². The summed E-state index contributed by atoms with van der Waals surface area (Å²) in [5.41, 5.74) is 6.91. The van der Waals surface area contributed by atoms with Crippen LogP contribution in [0.2, 0.25) is 0 Å². The van der Waals surface area contributed by atoms with Crippen LogP contribution in [0.1, 0.15) is 32.3 Å². The largest absolute Gasteiger partial charge is 0.481 e. The minimum Gasteiger partial charge on any atom is -0.481 e. The lowest BCUT2D eigenvalue weighted by atomic mass is 10.0. The number of carboxylic acids is 2. The molecule has 202 valence electrons. The molecule has 3 amide bonds. The topological polar surface area (TPSA) is 224 Å². The number of nitrogens with one attached hydrogen (secondary N) is 4. The summed E-state index contributed by atoms with van der Waals surface area (Å²) < 4.78 is 0. The zero-order chi connectivity index (χ0) is 27.7. The molecule has 0 fully saturated rings. The number of rotatable bonds is 14. The summed E-state index contributed by atoms with van der Waals surface area (Å²) in [6, 6.07) is 1.82. The second kappa shape index (κ2) is 13.4. The van der Waals surface area contributed by atoms with E-state index in [1.54, 1.807) is 20.0 Å². The number of carboxylic acid groups (broad SMARTS) is 2. The zero-order valence-electron chi connectivity index (χ0n) is 20.6. The van der Waals surface area contributed by atoms with Crippen LogP contribution in [-0.4, -0.2) is 80.7 Å². The van der Waals surface area contributed by atoms with Gasteiger partial charge in [0.2, 0.25) is 17.7 Å². The Morgan fingerprint density at radius 2 is 1.51 bits per heavy atom. The first kappa shape index (κ1) is 29.3. The third-order valence-electron chi connectivity index (χ3n) is 5.60. The summed E-state index contributed by atoms with van der Waals surface area (Å²) in [6.07, 6.45) is 0.950. The minimum absolute atomic E-state index is 0.0236. The fourth-order valence-corrected chi connectivity index (χ4v) is 3.71. The predicted molar refractivity (Wildman–Crippen MR) is 132 cm³/mol. The lowest BCUT2D eigenvalue weighted by molar-refractivity contribution is -0.143. The highest BCUT2D eigenvalue weighted by Crippen LogP contribution is 2.19. The van der Waals surface area contributed by atoms with Crippen molar-refractivity contribution in [3.63, 3.8) is 0 Å². The maximum atomic E-state index is 13.1. The van der Waals surface area contributed by atoms with Crippen LogP contribution in [-0.2, 0) is 30.4 Å². The number of aromatic amines is 1. The third kappa shape index (κ3) is 8.58. The van der Waals surface area contributed by atoms with Crippen molar-refractivity contribution in [1.29, 1.82) is 0 Å². The number of hydrogen-bond acceptors (Lipinski definition) is 7. The first-order valence-corrected chi connectivity index (χ1v) is 11.7. The van der Waals surface area contributed by atoms with Gasteiger partial charge in [0, 0.05) is 23.5 Å².